The lowest BCUT2D eigenvalue weighted by Crippen LogP contribution is -2.41. The maximum Gasteiger partial charge on any atom is 0.328 e. The van der Waals surface area contributed by atoms with E-state index in [4.69, 9.17) is 9.72 Å². The van der Waals surface area contributed by atoms with Crippen molar-refractivity contribution in [3.8, 4) is 11.4 Å². The van der Waals surface area contributed by atoms with Gasteiger partial charge < -0.3 is 19.5 Å². The van der Waals surface area contributed by atoms with Crippen LogP contribution in [0.15, 0.2) is 36.7 Å². The standard InChI is InChI=1S/C25H27N5O4/c1-29-21-18(27-22(29)15-8-10-26-11-9-15)13-17(14-19(21)28-23(31)16-5-3-6-16)24(32)30-12-4-7-20(30)25(33)34-2/h8-11,13-14,16,20H,3-7,12H2,1-2H3,(H,28,31)/t20-/m0/s1. The van der Waals surface area contributed by atoms with Gasteiger partial charge in [0.05, 0.1) is 23.8 Å². The van der Waals surface area contributed by atoms with Gasteiger partial charge in [-0.15, -0.1) is 0 Å². The molecule has 1 N–H and O–H groups in total. The number of nitrogens with one attached hydrogen (secondary N) is 1. The summed E-state index contributed by atoms with van der Waals surface area (Å²) in [7, 11) is 3.22. The highest BCUT2D eigenvalue weighted by molar-refractivity contribution is 6.07. The monoisotopic (exact) mass is 461 g/mol. The Balaban J connectivity index is 1.59. The third-order valence-corrected chi connectivity index (χ3v) is 6.88. The smallest absolute Gasteiger partial charge is 0.328 e. The Labute approximate surface area is 197 Å². The number of anilines is 1. The first kappa shape index (κ1) is 22.1. The van der Waals surface area contributed by atoms with Crippen LogP contribution in [0.4, 0.5) is 5.69 Å². The molecule has 1 saturated carbocycles. The highest BCUT2D eigenvalue weighted by Crippen LogP contribution is 2.33. The van der Waals surface area contributed by atoms with E-state index in [1.54, 1.807) is 29.4 Å². The van der Waals surface area contributed by atoms with Crippen molar-refractivity contribution >= 4 is 34.5 Å². The Kier molecular flexibility index (Phi) is 5.77. The van der Waals surface area contributed by atoms with Gasteiger partial charge in [-0.25, -0.2) is 9.78 Å². The summed E-state index contributed by atoms with van der Waals surface area (Å²) in [6.45, 7) is 0.477. The average molecular weight is 462 g/mol. The molecule has 3 heterocycles. The number of esters is 1. The molecule has 9 nitrogen and oxygen atoms in total. The van der Waals surface area contributed by atoms with Crippen molar-refractivity contribution in [2.45, 2.75) is 38.1 Å². The highest BCUT2D eigenvalue weighted by Gasteiger charge is 2.36. The zero-order chi connectivity index (χ0) is 23.8. The van der Waals surface area contributed by atoms with Gasteiger partial charge in [-0.1, -0.05) is 6.42 Å². The molecule has 3 aromatic rings. The van der Waals surface area contributed by atoms with Crippen molar-refractivity contribution in [2.75, 3.05) is 19.0 Å². The quantitative estimate of drug-likeness (QED) is 0.585. The topological polar surface area (TPSA) is 106 Å². The fraction of sp³-hybridized carbons (Fsp3) is 0.400. The van der Waals surface area contributed by atoms with Gasteiger partial charge in [-0.05, 0) is 49.9 Å². The van der Waals surface area contributed by atoms with Crippen LogP contribution in [-0.2, 0) is 21.4 Å². The van der Waals surface area contributed by atoms with Crippen LogP contribution < -0.4 is 5.32 Å². The Morgan fingerprint density at radius 3 is 2.53 bits per heavy atom. The van der Waals surface area contributed by atoms with E-state index in [1.165, 1.54) is 7.11 Å². The molecule has 2 aliphatic rings. The largest absolute Gasteiger partial charge is 0.467 e. The molecule has 2 fully saturated rings. The van der Waals surface area contributed by atoms with E-state index in [0.29, 0.717) is 35.6 Å². The number of rotatable bonds is 5. The molecular weight excluding hydrogens is 434 g/mol. The molecule has 1 aliphatic heterocycles. The molecular formula is C25H27N5O4. The van der Waals surface area contributed by atoms with Crippen molar-refractivity contribution < 1.29 is 19.1 Å². The number of hydrogen-bond acceptors (Lipinski definition) is 6. The lowest BCUT2D eigenvalue weighted by atomic mass is 9.85. The highest BCUT2D eigenvalue weighted by atomic mass is 16.5. The molecule has 0 radical (unpaired) electrons. The molecule has 0 bridgehead atoms. The molecule has 5 rings (SSSR count). The first-order chi connectivity index (χ1) is 16.5. The third-order valence-electron chi connectivity index (χ3n) is 6.88. The van der Waals surface area contributed by atoms with Crippen molar-refractivity contribution in [2.24, 2.45) is 13.0 Å². The van der Waals surface area contributed by atoms with Crippen molar-refractivity contribution in [1.82, 2.24) is 19.4 Å². The number of amides is 2. The number of pyridine rings is 1. The molecule has 1 atom stereocenters. The SMILES string of the molecule is COC(=O)[C@@H]1CCCN1C(=O)c1cc(NC(=O)C2CCC2)c2c(c1)nc(-c1ccncc1)n2C. The van der Waals surface area contributed by atoms with Gasteiger partial charge in [0, 0.05) is 43.0 Å². The number of methoxy groups -OCH3 is 1. The minimum absolute atomic E-state index is 0.00964. The van der Waals surface area contributed by atoms with Gasteiger partial charge in [-0.3, -0.25) is 14.6 Å². The van der Waals surface area contributed by atoms with Crippen LogP contribution in [0.5, 0.6) is 0 Å². The first-order valence-electron chi connectivity index (χ1n) is 11.6. The molecule has 0 spiro atoms. The second-order valence-corrected chi connectivity index (χ2v) is 8.92. The third kappa shape index (κ3) is 3.81. The van der Waals surface area contributed by atoms with Crippen LogP contribution in [0.1, 0.15) is 42.5 Å². The summed E-state index contributed by atoms with van der Waals surface area (Å²) >= 11 is 0. The molecule has 0 unspecified atom stereocenters. The number of carbonyl (C=O) groups is 3. The number of fused-ring (bicyclic) bond motifs is 1. The van der Waals surface area contributed by atoms with Crippen molar-refractivity contribution in [1.29, 1.82) is 0 Å². The van der Waals surface area contributed by atoms with Gasteiger partial charge in [0.2, 0.25) is 5.91 Å². The zero-order valence-corrected chi connectivity index (χ0v) is 19.3. The Morgan fingerprint density at radius 2 is 1.85 bits per heavy atom. The predicted molar refractivity (Wildman–Crippen MR) is 126 cm³/mol. The summed E-state index contributed by atoms with van der Waals surface area (Å²) in [6, 6.07) is 6.56. The molecule has 1 saturated heterocycles. The average Bonchev–Trinajstić information content (AvgIpc) is 3.42. The maximum absolute atomic E-state index is 13.5. The first-order valence-corrected chi connectivity index (χ1v) is 11.6. The fourth-order valence-electron chi connectivity index (χ4n) is 4.79. The van der Waals surface area contributed by atoms with E-state index in [2.05, 4.69) is 10.3 Å². The van der Waals surface area contributed by atoms with E-state index in [0.717, 1.165) is 36.8 Å². The minimum atomic E-state index is -0.600. The van der Waals surface area contributed by atoms with Crippen LogP contribution in [0.25, 0.3) is 22.4 Å². The van der Waals surface area contributed by atoms with E-state index in [-0.39, 0.29) is 17.7 Å². The minimum Gasteiger partial charge on any atom is -0.467 e. The number of nitrogens with zero attached hydrogens (tertiary/aromatic N) is 4. The van der Waals surface area contributed by atoms with Crippen molar-refractivity contribution in [3.05, 3.63) is 42.2 Å². The molecule has 176 valence electrons. The fourth-order valence-corrected chi connectivity index (χ4v) is 4.79. The second-order valence-electron chi connectivity index (χ2n) is 8.92. The molecule has 2 amide bonds. The normalized spacial score (nSPS) is 18.1. The van der Waals surface area contributed by atoms with Crippen LogP contribution in [0.3, 0.4) is 0 Å². The van der Waals surface area contributed by atoms with Crippen LogP contribution in [-0.4, -0.2) is 56.9 Å². The van der Waals surface area contributed by atoms with Gasteiger partial charge in [0.1, 0.15) is 11.9 Å². The number of benzene rings is 1. The molecule has 34 heavy (non-hydrogen) atoms. The lowest BCUT2D eigenvalue weighted by Gasteiger charge is -2.25. The summed E-state index contributed by atoms with van der Waals surface area (Å²) in [4.78, 5) is 49.0. The Hall–Kier alpha value is -3.75. The van der Waals surface area contributed by atoms with E-state index >= 15 is 0 Å². The molecule has 1 aromatic carbocycles. The lowest BCUT2D eigenvalue weighted by molar-refractivity contribution is -0.145. The number of imidazole rings is 1. The predicted octanol–water partition coefficient (Wildman–Crippen LogP) is 3.15. The van der Waals surface area contributed by atoms with E-state index in [9.17, 15) is 14.4 Å². The molecule has 9 heteroatoms. The zero-order valence-electron chi connectivity index (χ0n) is 19.3. The van der Waals surface area contributed by atoms with Crippen LogP contribution in [0, 0.1) is 5.92 Å². The number of likely N-dealkylation sites (tertiary alicyclic amines) is 1. The van der Waals surface area contributed by atoms with Crippen molar-refractivity contribution in [3.63, 3.8) is 0 Å². The molecule has 1 aliphatic carbocycles. The van der Waals surface area contributed by atoms with Gasteiger partial charge in [0.15, 0.2) is 0 Å². The number of ether oxygens (including phenoxy) is 1. The van der Waals surface area contributed by atoms with Gasteiger partial charge in [-0.2, -0.15) is 0 Å². The van der Waals surface area contributed by atoms with Gasteiger partial charge >= 0.3 is 5.97 Å². The van der Waals surface area contributed by atoms with E-state index < -0.39 is 12.0 Å². The number of aromatic nitrogens is 3. The summed E-state index contributed by atoms with van der Waals surface area (Å²) in [5, 5.41) is 3.05. The maximum atomic E-state index is 13.5. The molecule has 2 aromatic heterocycles. The summed E-state index contributed by atoms with van der Waals surface area (Å²) in [5.41, 5.74) is 3.14. The van der Waals surface area contributed by atoms with Crippen LogP contribution in [0.2, 0.25) is 0 Å². The number of hydrogen-bond donors (Lipinski definition) is 1. The van der Waals surface area contributed by atoms with Crippen LogP contribution >= 0.6 is 0 Å². The number of carbonyl (C=O) groups excluding carboxylic acids is 3. The Morgan fingerprint density at radius 1 is 1.09 bits per heavy atom. The van der Waals surface area contributed by atoms with Gasteiger partial charge in [0.25, 0.3) is 5.91 Å². The summed E-state index contributed by atoms with van der Waals surface area (Å²) < 4.78 is 6.82. The second kappa shape index (κ2) is 8.89. The Bertz CT molecular complexity index is 1270. The number of aryl methyl sites for hydroxylation is 1. The van der Waals surface area contributed by atoms with E-state index in [1.807, 2.05) is 23.7 Å². The summed E-state index contributed by atoms with van der Waals surface area (Å²) in [5.74, 6) is -0.0370. The summed E-state index contributed by atoms with van der Waals surface area (Å²) in [6.07, 6.45) is 7.49.